The molecule has 116 valence electrons. The zero-order valence-corrected chi connectivity index (χ0v) is 13.7. The molecule has 1 aromatic heterocycles. The molecule has 22 heavy (non-hydrogen) atoms. The predicted molar refractivity (Wildman–Crippen MR) is 93.3 cm³/mol. The Kier molecular flexibility index (Phi) is 6.27. The Balaban J connectivity index is 1.86. The number of hydrogen-bond donors (Lipinski definition) is 2. The summed E-state index contributed by atoms with van der Waals surface area (Å²) in [6, 6.07) is 11.5. The van der Waals surface area contributed by atoms with E-state index in [2.05, 4.69) is 34.0 Å². The molecule has 0 bridgehead atoms. The van der Waals surface area contributed by atoms with Gasteiger partial charge in [0.1, 0.15) is 0 Å². The Hall–Kier alpha value is -2.01. The van der Waals surface area contributed by atoms with Crippen molar-refractivity contribution in [1.29, 1.82) is 0 Å². The molecule has 0 aliphatic heterocycles. The van der Waals surface area contributed by atoms with Gasteiger partial charge in [0.05, 0.1) is 6.04 Å². The highest BCUT2D eigenvalue weighted by atomic mass is 32.2. The summed E-state index contributed by atoms with van der Waals surface area (Å²) < 4.78 is 0. The molecule has 2 rings (SSSR count). The van der Waals surface area contributed by atoms with E-state index in [1.807, 2.05) is 43.0 Å². The van der Waals surface area contributed by atoms with Gasteiger partial charge in [-0.1, -0.05) is 12.1 Å². The Morgan fingerprint density at radius 3 is 2.50 bits per heavy atom. The monoisotopic (exact) mass is 315 g/mol. The third-order valence-corrected chi connectivity index (χ3v) is 3.97. The molecule has 5 heteroatoms. The molecule has 0 saturated heterocycles. The summed E-state index contributed by atoms with van der Waals surface area (Å²) in [6.07, 6.45) is 6.59. The van der Waals surface area contributed by atoms with E-state index in [1.165, 1.54) is 5.56 Å². The number of hydrogen-bond acceptors (Lipinski definition) is 3. The van der Waals surface area contributed by atoms with Crippen LogP contribution in [-0.4, -0.2) is 23.0 Å². The molecule has 1 atom stereocenters. The first-order valence-electron chi connectivity index (χ1n) is 7.24. The van der Waals surface area contributed by atoms with Crippen LogP contribution in [0.5, 0.6) is 0 Å². The smallest absolute Gasteiger partial charge is 0.319 e. The highest BCUT2D eigenvalue weighted by molar-refractivity contribution is 7.98. The van der Waals surface area contributed by atoms with Crippen LogP contribution in [-0.2, 0) is 6.42 Å². The quantitative estimate of drug-likeness (QED) is 0.851. The first-order valence-corrected chi connectivity index (χ1v) is 8.63. The number of nitrogens with zero attached hydrogens (tertiary/aromatic N) is 1. The number of carbonyl (C=O) groups is 1. The second kappa shape index (κ2) is 8.44. The van der Waals surface area contributed by atoms with Crippen molar-refractivity contribution in [2.24, 2.45) is 0 Å². The maximum atomic E-state index is 12.0. The number of nitrogens with one attached hydrogen (secondary N) is 2. The Morgan fingerprint density at radius 2 is 1.86 bits per heavy atom. The molecular formula is C17H21N3OS. The van der Waals surface area contributed by atoms with Gasteiger partial charge in [-0.05, 0) is 60.7 Å². The zero-order chi connectivity index (χ0) is 15.8. The standard InChI is InChI=1S/C17H21N3OS/c1-13(15-7-10-18-11-8-15)19-17(21)20-16-5-3-14(4-6-16)9-12-22-2/h3-8,10-11,13H,9,12H2,1-2H3,(H2,19,20,21)/t13-/m0/s1. The van der Waals surface area contributed by atoms with Crippen molar-refractivity contribution < 1.29 is 4.79 Å². The molecule has 0 unspecified atom stereocenters. The lowest BCUT2D eigenvalue weighted by Gasteiger charge is -2.15. The van der Waals surface area contributed by atoms with Gasteiger partial charge < -0.3 is 10.6 Å². The fourth-order valence-electron chi connectivity index (χ4n) is 2.07. The fraction of sp³-hybridized carbons (Fsp3) is 0.294. The van der Waals surface area contributed by atoms with E-state index in [1.54, 1.807) is 12.4 Å². The van der Waals surface area contributed by atoms with Crippen molar-refractivity contribution >= 4 is 23.5 Å². The molecule has 0 fully saturated rings. The van der Waals surface area contributed by atoms with Gasteiger partial charge in [-0.2, -0.15) is 11.8 Å². The number of thioether (sulfide) groups is 1. The second-order valence-corrected chi connectivity index (χ2v) is 6.03. The van der Waals surface area contributed by atoms with Gasteiger partial charge in [0, 0.05) is 18.1 Å². The summed E-state index contributed by atoms with van der Waals surface area (Å²) in [4.78, 5) is 16.0. The van der Waals surface area contributed by atoms with Gasteiger partial charge in [0.15, 0.2) is 0 Å². The topological polar surface area (TPSA) is 54.0 Å². The molecule has 2 amide bonds. The van der Waals surface area contributed by atoms with Crippen LogP contribution in [0.3, 0.4) is 0 Å². The highest BCUT2D eigenvalue weighted by Crippen LogP contribution is 2.13. The molecule has 0 saturated carbocycles. The number of pyridine rings is 1. The summed E-state index contributed by atoms with van der Waals surface area (Å²) in [7, 11) is 0. The van der Waals surface area contributed by atoms with E-state index in [0.29, 0.717) is 0 Å². The van der Waals surface area contributed by atoms with Crippen molar-refractivity contribution in [2.45, 2.75) is 19.4 Å². The Bertz CT molecular complexity index is 587. The van der Waals surface area contributed by atoms with Crippen molar-refractivity contribution in [2.75, 3.05) is 17.3 Å². The number of amides is 2. The van der Waals surface area contributed by atoms with Gasteiger partial charge in [0.2, 0.25) is 0 Å². The lowest BCUT2D eigenvalue weighted by Crippen LogP contribution is -2.31. The largest absolute Gasteiger partial charge is 0.331 e. The van der Waals surface area contributed by atoms with Crippen LogP contribution in [0.1, 0.15) is 24.1 Å². The van der Waals surface area contributed by atoms with Crippen LogP contribution in [0.25, 0.3) is 0 Å². The number of aryl methyl sites for hydroxylation is 1. The molecular weight excluding hydrogens is 294 g/mol. The summed E-state index contributed by atoms with van der Waals surface area (Å²) in [5.41, 5.74) is 3.11. The molecule has 0 spiro atoms. The molecule has 1 heterocycles. The second-order valence-electron chi connectivity index (χ2n) is 5.04. The number of urea groups is 1. The number of rotatable bonds is 6. The fourth-order valence-corrected chi connectivity index (χ4v) is 2.51. The summed E-state index contributed by atoms with van der Waals surface area (Å²) in [5.74, 6) is 1.11. The minimum absolute atomic E-state index is 0.0659. The van der Waals surface area contributed by atoms with Crippen molar-refractivity contribution in [3.05, 3.63) is 59.9 Å². The van der Waals surface area contributed by atoms with E-state index < -0.39 is 0 Å². The van der Waals surface area contributed by atoms with Crippen LogP contribution in [0.4, 0.5) is 10.5 Å². The molecule has 0 aliphatic carbocycles. The summed E-state index contributed by atoms with van der Waals surface area (Å²) >= 11 is 1.83. The highest BCUT2D eigenvalue weighted by Gasteiger charge is 2.09. The van der Waals surface area contributed by atoms with Crippen molar-refractivity contribution in [3.63, 3.8) is 0 Å². The minimum atomic E-state index is -0.207. The molecule has 0 aliphatic rings. The van der Waals surface area contributed by atoms with Crippen LogP contribution in [0, 0.1) is 0 Å². The van der Waals surface area contributed by atoms with E-state index >= 15 is 0 Å². The van der Waals surface area contributed by atoms with Crippen LogP contribution in [0.2, 0.25) is 0 Å². The van der Waals surface area contributed by atoms with E-state index in [4.69, 9.17) is 0 Å². The number of carbonyl (C=O) groups excluding carboxylic acids is 1. The van der Waals surface area contributed by atoms with Crippen LogP contribution < -0.4 is 10.6 Å². The van der Waals surface area contributed by atoms with Crippen molar-refractivity contribution in [3.8, 4) is 0 Å². The average molecular weight is 315 g/mol. The van der Waals surface area contributed by atoms with Crippen LogP contribution >= 0.6 is 11.8 Å². The van der Waals surface area contributed by atoms with E-state index in [0.717, 1.165) is 23.4 Å². The van der Waals surface area contributed by atoms with Gasteiger partial charge in [-0.15, -0.1) is 0 Å². The van der Waals surface area contributed by atoms with E-state index in [9.17, 15) is 4.79 Å². The molecule has 0 radical (unpaired) electrons. The normalized spacial score (nSPS) is 11.7. The molecule has 2 aromatic rings. The van der Waals surface area contributed by atoms with Gasteiger partial charge >= 0.3 is 6.03 Å². The van der Waals surface area contributed by atoms with Crippen LogP contribution in [0.15, 0.2) is 48.8 Å². The summed E-state index contributed by atoms with van der Waals surface area (Å²) in [6.45, 7) is 1.94. The SMILES string of the molecule is CSCCc1ccc(NC(=O)N[C@@H](C)c2ccncc2)cc1. The van der Waals surface area contributed by atoms with E-state index in [-0.39, 0.29) is 12.1 Å². The number of benzene rings is 1. The lowest BCUT2D eigenvalue weighted by atomic mass is 10.1. The van der Waals surface area contributed by atoms with Gasteiger partial charge in [-0.3, -0.25) is 4.98 Å². The summed E-state index contributed by atoms with van der Waals surface area (Å²) in [5, 5.41) is 5.77. The lowest BCUT2D eigenvalue weighted by molar-refractivity contribution is 0.249. The molecule has 1 aromatic carbocycles. The van der Waals surface area contributed by atoms with Gasteiger partial charge in [0.25, 0.3) is 0 Å². The third-order valence-electron chi connectivity index (χ3n) is 3.36. The van der Waals surface area contributed by atoms with Crippen molar-refractivity contribution in [1.82, 2.24) is 10.3 Å². The Morgan fingerprint density at radius 1 is 1.18 bits per heavy atom. The average Bonchev–Trinajstić information content (AvgIpc) is 2.55. The molecule has 4 nitrogen and oxygen atoms in total. The predicted octanol–water partition coefficient (Wildman–Crippen LogP) is 3.87. The van der Waals surface area contributed by atoms with Gasteiger partial charge in [-0.25, -0.2) is 4.79 Å². The Labute approximate surface area is 135 Å². The molecule has 2 N–H and O–H groups in total. The zero-order valence-electron chi connectivity index (χ0n) is 12.9. The third kappa shape index (κ3) is 5.07. The first kappa shape index (κ1) is 16.4. The number of aromatic nitrogens is 1. The number of anilines is 1. The maximum absolute atomic E-state index is 12.0. The first-order chi connectivity index (χ1) is 10.7. The minimum Gasteiger partial charge on any atom is -0.331 e. The maximum Gasteiger partial charge on any atom is 0.319 e.